The minimum atomic E-state index is 0.106. The quantitative estimate of drug-likeness (QED) is 0.825. The number of hydrogen-bond acceptors (Lipinski definition) is 5. The number of aromatic nitrogens is 1. The van der Waals surface area contributed by atoms with Gasteiger partial charge in [-0.3, -0.25) is 4.79 Å². The number of pyridine rings is 1. The molecule has 2 saturated heterocycles. The third kappa shape index (κ3) is 3.62. The molecule has 1 amide bonds. The zero-order valence-corrected chi connectivity index (χ0v) is 13.4. The highest BCUT2D eigenvalue weighted by Crippen LogP contribution is 2.24. The highest BCUT2D eigenvalue weighted by atomic mass is 16.5. The fourth-order valence-corrected chi connectivity index (χ4v) is 3.27. The molecule has 3 heterocycles. The first-order valence-electron chi connectivity index (χ1n) is 8.19. The number of carbonyl (C=O) groups is 1. The van der Waals surface area contributed by atoms with Gasteiger partial charge in [0.2, 0.25) is 5.91 Å². The summed E-state index contributed by atoms with van der Waals surface area (Å²) in [5.41, 5.74) is 0.570. The van der Waals surface area contributed by atoms with Crippen LogP contribution in [0.3, 0.4) is 0 Å². The topological polar surface area (TPSA) is 69.5 Å². The van der Waals surface area contributed by atoms with E-state index in [1.807, 2.05) is 17.9 Å². The Morgan fingerprint density at radius 1 is 1.35 bits per heavy atom. The van der Waals surface area contributed by atoms with Gasteiger partial charge in [-0.2, -0.15) is 5.26 Å². The summed E-state index contributed by atoms with van der Waals surface area (Å²) in [6.07, 6.45) is 3.44. The normalized spacial score (nSPS) is 22.7. The molecule has 0 bridgehead atoms. The number of amides is 1. The number of hydrogen-bond donors (Lipinski definition) is 0. The van der Waals surface area contributed by atoms with Crippen LogP contribution in [-0.4, -0.2) is 54.7 Å². The standard InChI is InChI=1S/C17H22N4O2/c1-13-12-21(8-9-23-13)17(22)15-4-6-20(7-5-15)16-3-2-14(10-18)11-19-16/h2-3,11,13,15H,4-9,12H2,1H3/t13-/m0/s1. The number of piperidine rings is 1. The molecule has 1 aromatic rings. The molecule has 122 valence electrons. The summed E-state index contributed by atoms with van der Waals surface area (Å²) in [4.78, 5) is 21.1. The van der Waals surface area contributed by atoms with Crippen molar-refractivity contribution in [3.63, 3.8) is 0 Å². The molecule has 0 radical (unpaired) electrons. The Kier molecular flexibility index (Phi) is 4.77. The minimum Gasteiger partial charge on any atom is -0.375 e. The summed E-state index contributed by atoms with van der Waals surface area (Å²) in [5, 5.41) is 8.82. The average molecular weight is 314 g/mol. The van der Waals surface area contributed by atoms with Crippen LogP contribution in [0.1, 0.15) is 25.3 Å². The van der Waals surface area contributed by atoms with Crippen LogP contribution in [0, 0.1) is 17.2 Å². The monoisotopic (exact) mass is 314 g/mol. The fraction of sp³-hybridized carbons (Fsp3) is 0.588. The van der Waals surface area contributed by atoms with E-state index in [1.165, 1.54) is 0 Å². The van der Waals surface area contributed by atoms with Crippen LogP contribution in [0.5, 0.6) is 0 Å². The number of anilines is 1. The molecule has 6 heteroatoms. The fourth-order valence-electron chi connectivity index (χ4n) is 3.27. The van der Waals surface area contributed by atoms with E-state index < -0.39 is 0 Å². The second-order valence-corrected chi connectivity index (χ2v) is 6.24. The van der Waals surface area contributed by atoms with Crippen molar-refractivity contribution in [3.05, 3.63) is 23.9 Å². The Bertz CT molecular complexity index is 588. The summed E-state index contributed by atoms with van der Waals surface area (Å²) in [6.45, 7) is 5.72. The maximum Gasteiger partial charge on any atom is 0.225 e. The molecule has 0 saturated carbocycles. The zero-order chi connectivity index (χ0) is 16.2. The molecular weight excluding hydrogens is 292 g/mol. The van der Waals surface area contributed by atoms with Crippen molar-refractivity contribution < 1.29 is 9.53 Å². The Balaban J connectivity index is 1.55. The maximum absolute atomic E-state index is 12.6. The molecule has 2 aliphatic rings. The smallest absolute Gasteiger partial charge is 0.225 e. The summed E-state index contributed by atoms with van der Waals surface area (Å²) < 4.78 is 5.51. The van der Waals surface area contributed by atoms with Crippen molar-refractivity contribution in [1.82, 2.24) is 9.88 Å². The van der Waals surface area contributed by atoms with E-state index in [9.17, 15) is 4.79 Å². The van der Waals surface area contributed by atoms with E-state index in [0.717, 1.165) is 31.7 Å². The van der Waals surface area contributed by atoms with Crippen LogP contribution in [0.15, 0.2) is 18.3 Å². The Labute approximate surface area is 136 Å². The lowest BCUT2D eigenvalue weighted by molar-refractivity contribution is -0.143. The highest BCUT2D eigenvalue weighted by molar-refractivity contribution is 5.79. The third-order valence-electron chi connectivity index (χ3n) is 4.60. The molecule has 6 nitrogen and oxygen atoms in total. The van der Waals surface area contributed by atoms with Gasteiger partial charge in [0, 0.05) is 38.3 Å². The van der Waals surface area contributed by atoms with Crippen LogP contribution in [0.4, 0.5) is 5.82 Å². The number of nitrogens with zero attached hydrogens (tertiary/aromatic N) is 4. The van der Waals surface area contributed by atoms with Gasteiger partial charge in [-0.25, -0.2) is 4.98 Å². The maximum atomic E-state index is 12.6. The molecule has 2 aliphatic heterocycles. The molecule has 0 N–H and O–H groups in total. The molecule has 2 fully saturated rings. The van der Waals surface area contributed by atoms with Gasteiger partial charge in [0.1, 0.15) is 11.9 Å². The molecule has 0 aromatic carbocycles. The van der Waals surface area contributed by atoms with Crippen LogP contribution in [0.25, 0.3) is 0 Å². The zero-order valence-electron chi connectivity index (χ0n) is 13.4. The van der Waals surface area contributed by atoms with E-state index in [1.54, 1.807) is 12.3 Å². The lowest BCUT2D eigenvalue weighted by Gasteiger charge is -2.37. The molecule has 0 spiro atoms. The van der Waals surface area contributed by atoms with E-state index in [-0.39, 0.29) is 17.9 Å². The van der Waals surface area contributed by atoms with Crippen LogP contribution in [-0.2, 0) is 9.53 Å². The number of nitriles is 1. The van der Waals surface area contributed by atoms with E-state index in [2.05, 4.69) is 16.0 Å². The molecule has 23 heavy (non-hydrogen) atoms. The first kappa shape index (κ1) is 15.8. The van der Waals surface area contributed by atoms with Crippen LogP contribution < -0.4 is 4.90 Å². The van der Waals surface area contributed by atoms with Crippen molar-refractivity contribution in [2.75, 3.05) is 37.7 Å². The van der Waals surface area contributed by atoms with Crippen LogP contribution in [0.2, 0.25) is 0 Å². The van der Waals surface area contributed by atoms with E-state index in [4.69, 9.17) is 10.00 Å². The lowest BCUT2D eigenvalue weighted by Crippen LogP contribution is -2.49. The van der Waals surface area contributed by atoms with Gasteiger partial charge in [0.15, 0.2) is 0 Å². The summed E-state index contributed by atoms with van der Waals surface area (Å²) in [5.74, 6) is 1.26. The lowest BCUT2D eigenvalue weighted by atomic mass is 9.95. The minimum absolute atomic E-state index is 0.106. The van der Waals surface area contributed by atoms with Crippen molar-refractivity contribution in [2.45, 2.75) is 25.9 Å². The van der Waals surface area contributed by atoms with Gasteiger partial charge in [-0.1, -0.05) is 0 Å². The Hall–Kier alpha value is -2.13. The summed E-state index contributed by atoms with van der Waals surface area (Å²) in [7, 11) is 0. The van der Waals surface area contributed by atoms with Gasteiger partial charge in [-0.15, -0.1) is 0 Å². The SMILES string of the molecule is C[C@H]1CN(C(=O)C2CCN(c3ccc(C#N)cn3)CC2)CCO1. The Morgan fingerprint density at radius 3 is 2.74 bits per heavy atom. The van der Waals surface area contributed by atoms with Gasteiger partial charge in [0.05, 0.1) is 18.3 Å². The number of carbonyl (C=O) groups excluding carboxylic acids is 1. The first-order valence-corrected chi connectivity index (χ1v) is 8.19. The molecular formula is C17H22N4O2. The molecule has 0 aliphatic carbocycles. The number of rotatable bonds is 2. The summed E-state index contributed by atoms with van der Waals surface area (Å²) in [6, 6.07) is 5.74. The average Bonchev–Trinajstić information content (AvgIpc) is 2.61. The van der Waals surface area contributed by atoms with Crippen molar-refractivity contribution in [2.24, 2.45) is 5.92 Å². The van der Waals surface area contributed by atoms with Crippen molar-refractivity contribution >= 4 is 11.7 Å². The van der Waals surface area contributed by atoms with Crippen molar-refractivity contribution in [3.8, 4) is 6.07 Å². The van der Waals surface area contributed by atoms with Gasteiger partial charge in [0.25, 0.3) is 0 Å². The second kappa shape index (κ2) is 6.97. The number of ether oxygens (including phenoxy) is 1. The van der Waals surface area contributed by atoms with Gasteiger partial charge >= 0.3 is 0 Å². The molecule has 1 aromatic heterocycles. The van der Waals surface area contributed by atoms with Crippen molar-refractivity contribution in [1.29, 1.82) is 5.26 Å². The number of morpholine rings is 1. The highest BCUT2D eigenvalue weighted by Gasteiger charge is 2.31. The van der Waals surface area contributed by atoms with Crippen LogP contribution >= 0.6 is 0 Å². The molecule has 3 rings (SSSR count). The first-order chi connectivity index (χ1) is 11.2. The second-order valence-electron chi connectivity index (χ2n) is 6.24. The Morgan fingerprint density at radius 2 is 2.13 bits per heavy atom. The van der Waals surface area contributed by atoms with E-state index in [0.29, 0.717) is 25.3 Å². The van der Waals surface area contributed by atoms with Gasteiger partial charge < -0.3 is 14.5 Å². The molecule has 1 atom stereocenters. The third-order valence-corrected chi connectivity index (χ3v) is 4.60. The largest absolute Gasteiger partial charge is 0.375 e. The predicted octanol–water partition coefficient (Wildman–Crippen LogP) is 1.42. The molecule has 0 unspecified atom stereocenters. The summed E-state index contributed by atoms with van der Waals surface area (Å²) >= 11 is 0. The predicted molar refractivity (Wildman–Crippen MR) is 85.9 cm³/mol. The van der Waals surface area contributed by atoms with E-state index >= 15 is 0 Å². The van der Waals surface area contributed by atoms with Gasteiger partial charge in [-0.05, 0) is 31.9 Å².